The van der Waals surface area contributed by atoms with Gasteiger partial charge in [0.25, 0.3) is 0 Å². The quantitative estimate of drug-likeness (QED) is 0.707. The summed E-state index contributed by atoms with van der Waals surface area (Å²) in [4.78, 5) is 0. The molecular weight excluding hydrogens is 250 g/mol. The molecule has 2 heterocycles. The fraction of sp³-hybridized carbons (Fsp3) is 0. The number of fused-ring (bicyclic) bond motifs is 3. The van der Waals surface area contributed by atoms with Crippen molar-refractivity contribution < 1.29 is 0 Å². The van der Waals surface area contributed by atoms with Crippen LogP contribution in [-0.4, -0.2) is 21.6 Å². The molecule has 0 atom stereocenters. The van der Waals surface area contributed by atoms with Gasteiger partial charge in [-0.25, -0.2) is 0 Å². The minimum Gasteiger partial charge on any atom is -0.276 e. The smallest absolute Gasteiger partial charge is 0.139 e. The summed E-state index contributed by atoms with van der Waals surface area (Å²) in [5, 5.41) is 15.3. The minimum atomic E-state index is 0.796. The first-order chi connectivity index (χ1) is 9.93. The lowest BCUT2D eigenvalue weighted by molar-refractivity contribution is 0.959. The maximum atomic E-state index is 4.28. The predicted octanol–water partition coefficient (Wildman–Crippen LogP) is 3.05. The van der Waals surface area contributed by atoms with Crippen LogP contribution in [0.5, 0.6) is 0 Å². The van der Waals surface area contributed by atoms with Crippen molar-refractivity contribution in [2.45, 2.75) is 0 Å². The molecule has 1 aliphatic rings. The fourth-order valence-corrected chi connectivity index (χ4v) is 2.40. The second-order valence-electron chi connectivity index (χ2n) is 4.52. The van der Waals surface area contributed by atoms with Crippen LogP contribution in [0.15, 0.2) is 47.6 Å². The number of benzene rings is 2. The van der Waals surface area contributed by atoms with E-state index >= 15 is 0 Å². The largest absolute Gasteiger partial charge is 0.276 e. The first-order valence-corrected chi connectivity index (χ1v) is 6.32. The van der Waals surface area contributed by atoms with Gasteiger partial charge in [-0.15, -0.1) is 0 Å². The number of nitrogens with one attached hydrogen (secondary N) is 2. The highest BCUT2D eigenvalue weighted by atomic mass is 15.3. The summed E-state index contributed by atoms with van der Waals surface area (Å²) in [5.74, 6) is 0. The SMILES string of the molecule is C1=Cc2cc(-c3ccccc3)c3n[nH]nc3c2NN=C1. The Kier molecular flexibility index (Phi) is 2.35. The van der Waals surface area contributed by atoms with E-state index in [4.69, 9.17) is 0 Å². The van der Waals surface area contributed by atoms with Crippen molar-refractivity contribution in [3.8, 4) is 11.1 Å². The number of hydrogen-bond acceptors (Lipinski definition) is 4. The Labute approximate surface area is 115 Å². The van der Waals surface area contributed by atoms with E-state index in [1.165, 1.54) is 0 Å². The van der Waals surface area contributed by atoms with Crippen LogP contribution in [0.1, 0.15) is 5.56 Å². The molecule has 96 valence electrons. The highest BCUT2D eigenvalue weighted by Crippen LogP contribution is 2.35. The highest BCUT2D eigenvalue weighted by Gasteiger charge is 2.15. The fourth-order valence-electron chi connectivity index (χ4n) is 2.40. The molecule has 0 saturated carbocycles. The van der Waals surface area contributed by atoms with Gasteiger partial charge in [0.15, 0.2) is 0 Å². The maximum Gasteiger partial charge on any atom is 0.139 e. The van der Waals surface area contributed by atoms with Crippen LogP contribution in [0.4, 0.5) is 5.69 Å². The van der Waals surface area contributed by atoms with E-state index in [2.05, 4.69) is 44.1 Å². The van der Waals surface area contributed by atoms with E-state index in [-0.39, 0.29) is 0 Å². The monoisotopic (exact) mass is 261 g/mol. The minimum absolute atomic E-state index is 0.796. The van der Waals surface area contributed by atoms with Crippen LogP contribution in [0.3, 0.4) is 0 Å². The molecule has 0 saturated heterocycles. The van der Waals surface area contributed by atoms with Gasteiger partial charge in [0.05, 0.1) is 5.69 Å². The van der Waals surface area contributed by atoms with Gasteiger partial charge >= 0.3 is 0 Å². The zero-order chi connectivity index (χ0) is 13.4. The molecule has 0 radical (unpaired) electrons. The van der Waals surface area contributed by atoms with Crippen molar-refractivity contribution in [1.29, 1.82) is 0 Å². The molecule has 4 rings (SSSR count). The van der Waals surface area contributed by atoms with Gasteiger partial charge in [0.2, 0.25) is 0 Å². The van der Waals surface area contributed by atoms with Crippen LogP contribution in [0, 0.1) is 0 Å². The maximum absolute atomic E-state index is 4.28. The molecule has 20 heavy (non-hydrogen) atoms. The second-order valence-corrected chi connectivity index (χ2v) is 4.52. The number of nitrogens with zero attached hydrogens (tertiary/aromatic N) is 3. The Morgan fingerprint density at radius 1 is 0.950 bits per heavy atom. The van der Waals surface area contributed by atoms with Gasteiger partial charge < -0.3 is 0 Å². The zero-order valence-corrected chi connectivity index (χ0v) is 10.5. The Morgan fingerprint density at radius 2 is 1.80 bits per heavy atom. The van der Waals surface area contributed by atoms with E-state index < -0.39 is 0 Å². The van der Waals surface area contributed by atoms with Crippen molar-refractivity contribution in [2.24, 2.45) is 5.10 Å². The third-order valence-corrected chi connectivity index (χ3v) is 3.33. The van der Waals surface area contributed by atoms with E-state index in [1.807, 2.05) is 30.4 Å². The molecule has 3 aromatic rings. The van der Waals surface area contributed by atoms with Gasteiger partial charge in [-0.05, 0) is 17.7 Å². The number of hydrogen-bond donors (Lipinski definition) is 2. The number of hydrazone groups is 1. The van der Waals surface area contributed by atoms with Gasteiger partial charge in [-0.1, -0.05) is 36.4 Å². The molecule has 0 unspecified atom stereocenters. The van der Waals surface area contributed by atoms with Gasteiger partial charge in [0.1, 0.15) is 11.0 Å². The number of H-pyrrole nitrogens is 1. The number of allylic oxidation sites excluding steroid dienone is 1. The molecule has 0 aliphatic carbocycles. The van der Waals surface area contributed by atoms with Crippen LogP contribution in [-0.2, 0) is 0 Å². The summed E-state index contributed by atoms with van der Waals surface area (Å²) in [5.41, 5.74) is 8.75. The molecule has 2 N–H and O–H groups in total. The van der Waals surface area contributed by atoms with Crippen molar-refractivity contribution in [3.63, 3.8) is 0 Å². The van der Waals surface area contributed by atoms with Crippen LogP contribution >= 0.6 is 0 Å². The average molecular weight is 261 g/mol. The summed E-state index contributed by atoms with van der Waals surface area (Å²) in [6, 6.07) is 12.3. The zero-order valence-electron chi connectivity index (χ0n) is 10.5. The summed E-state index contributed by atoms with van der Waals surface area (Å²) in [7, 11) is 0. The molecule has 5 nitrogen and oxygen atoms in total. The van der Waals surface area contributed by atoms with E-state index in [9.17, 15) is 0 Å². The molecule has 5 heteroatoms. The number of aromatic amines is 1. The Bertz CT molecular complexity index is 830. The van der Waals surface area contributed by atoms with Crippen molar-refractivity contribution in [2.75, 3.05) is 5.43 Å². The lowest BCUT2D eigenvalue weighted by Crippen LogP contribution is -1.93. The molecule has 0 amide bonds. The summed E-state index contributed by atoms with van der Waals surface area (Å²) in [6.07, 6.45) is 5.63. The lowest BCUT2D eigenvalue weighted by atomic mass is 9.99. The molecule has 2 aromatic carbocycles. The third-order valence-electron chi connectivity index (χ3n) is 3.33. The predicted molar refractivity (Wildman–Crippen MR) is 80.5 cm³/mol. The molecule has 0 spiro atoms. The summed E-state index contributed by atoms with van der Waals surface area (Å²) in [6.45, 7) is 0. The van der Waals surface area contributed by atoms with E-state index in [0.29, 0.717) is 0 Å². The molecule has 0 bridgehead atoms. The Hall–Kier alpha value is -2.95. The standard InChI is InChI=1S/C15H11N5/c1-2-5-10(6-3-1)12-9-11-7-4-8-16-17-13(11)15-14(12)18-20-19-15/h1-9,17H,(H,18,19,20). The Morgan fingerprint density at radius 3 is 2.70 bits per heavy atom. The van der Waals surface area contributed by atoms with Crippen LogP contribution in [0.2, 0.25) is 0 Å². The molecule has 1 aromatic heterocycles. The third kappa shape index (κ3) is 1.60. The first-order valence-electron chi connectivity index (χ1n) is 6.32. The van der Waals surface area contributed by atoms with Crippen LogP contribution in [0.25, 0.3) is 28.2 Å². The molecular formula is C15H11N5. The van der Waals surface area contributed by atoms with E-state index in [1.54, 1.807) is 6.21 Å². The first kappa shape index (κ1) is 10.9. The lowest BCUT2D eigenvalue weighted by Gasteiger charge is -2.09. The molecule has 0 fully saturated rings. The normalized spacial score (nSPS) is 13.0. The van der Waals surface area contributed by atoms with Gasteiger partial charge in [-0.3, -0.25) is 5.43 Å². The number of anilines is 1. The second kappa shape index (κ2) is 4.31. The van der Waals surface area contributed by atoms with E-state index in [0.717, 1.165) is 33.4 Å². The van der Waals surface area contributed by atoms with Gasteiger partial charge in [0, 0.05) is 17.3 Å². The van der Waals surface area contributed by atoms with Crippen molar-refractivity contribution in [1.82, 2.24) is 15.4 Å². The Balaban J connectivity index is 2.06. The molecule has 1 aliphatic heterocycles. The average Bonchev–Trinajstić information content (AvgIpc) is 2.86. The number of rotatable bonds is 1. The van der Waals surface area contributed by atoms with Gasteiger partial charge in [-0.2, -0.15) is 20.5 Å². The highest BCUT2D eigenvalue weighted by molar-refractivity contribution is 6.03. The summed E-state index contributed by atoms with van der Waals surface area (Å²) >= 11 is 0. The number of aromatic nitrogens is 3. The topological polar surface area (TPSA) is 66.0 Å². The summed E-state index contributed by atoms with van der Waals surface area (Å²) < 4.78 is 0. The van der Waals surface area contributed by atoms with Crippen LogP contribution < -0.4 is 5.43 Å². The van der Waals surface area contributed by atoms with Crippen molar-refractivity contribution in [3.05, 3.63) is 48.0 Å². The van der Waals surface area contributed by atoms with Crippen molar-refractivity contribution >= 4 is 29.0 Å².